The summed E-state index contributed by atoms with van der Waals surface area (Å²) in [5.41, 5.74) is 1.97. The Balaban J connectivity index is 0.00000109. The van der Waals surface area contributed by atoms with Crippen molar-refractivity contribution in [2.75, 3.05) is 13.6 Å². The van der Waals surface area contributed by atoms with Crippen LogP contribution in [-0.2, 0) is 15.7 Å². The Morgan fingerprint density at radius 2 is 1.56 bits per heavy atom. The molecule has 1 aromatic rings. The van der Waals surface area contributed by atoms with Crippen LogP contribution in [0.4, 0.5) is 0 Å². The van der Waals surface area contributed by atoms with E-state index in [1.807, 2.05) is 13.8 Å². The molecule has 3 rings (SSSR count). The predicted molar refractivity (Wildman–Crippen MR) is 107 cm³/mol. The van der Waals surface area contributed by atoms with E-state index in [9.17, 15) is 0 Å². The predicted octanol–water partition coefficient (Wildman–Crippen LogP) is 4.04. The largest absolute Gasteiger partial charge is 0.494 e. The molecule has 0 aromatic heterocycles. The molecule has 25 heavy (non-hydrogen) atoms. The first kappa shape index (κ1) is 20.5. The van der Waals surface area contributed by atoms with E-state index >= 15 is 0 Å². The molecule has 140 valence electrons. The molecule has 0 bridgehead atoms. The number of rotatable bonds is 3. The molecule has 2 fully saturated rings. The molecule has 1 unspecified atom stereocenters. The number of piperidine rings is 1. The summed E-state index contributed by atoms with van der Waals surface area (Å²) in [5.74, 6) is 0. The van der Waals surface area contributed by atoms with E-state index in [0.29, 0.717) is 6.04 Å². The summed E-state index contributed by atoms with van der Waals surface area (Å²) in [6.07, 6.45) is 5.16. The van der Waals surface area contributed by atoms with Crippen LogP contribution in [0.3, 0.4) is 0 Å². The highest BCUT2D eigenvalue weighted by atomic mass is 16.7. The highest BCUT2D eigenvalue weighted by Gasteiger charge is 2.51. The van der Waals surface area contributed by atoms with Gasteiger partial charge in [-0.05, 0) is 71.6 Å². The van der Waals surface area contributed by atoms with E-state index in [0.717, 1.165) is 11.9 Å². The maximum Gasteiger partial charge on any atom is 0.494 e. The van der Waals surface area contributed by atoms with Gasteiger partial charge in [0.1, 0.15) is 0 Å². The molecular formula is C21H36BNO2. The van der Waals surface area contributed by atoms with Crippen molar-refractivity contribution in [3.8, 4) is 0 Å². The molecule has 3 nitrogen and oxygen atoms in total. The molecule has 0 amide bonds. The molecule has 0 N–H and O–H groups in total. The standard InChI is InChI=1S/C19H30BNO2.C2H6/c1-18(2)19(3,4)23-20(22-18)16-11-9-15(10-12-16)14-17-8-6-7-13-21(17)5;1-2/h9-12,17H,6-8,13-14H2,1-5H3;1-2H3. The van der Waals surface area contributed by atoms with Gasteiger partial charge in [0.25, 0.3) is 0 Å². The molecule has 0 aliphatic carbocycles. The average Bonchev–Trinajstić information content (AvgIpc) is 2.80. The smallest absolute Gasteiger partial charge is 0.399 e. The number of hydrogen-bond acceptors (Lipinski definition) is 3. The van der Waals surface area contributed by atoms with Gasteiger partial charge in [-0.2, -0.15) is 0 Å². The Morgan fingerprint density at radius 3 is 2.08 bits per heavy atom. The monoisotopic (exact) mass is 345 g/mol. The Bertz CT molecular complexity index is 525. The molecule has 0 spiro atoms. The van der Waals surface area contributed by atoms with Gasteiger partial charge in [0.2, 0.25) is 0 Å². The SMILES string of the molecule is CC.CN1CCCCC1Cc1ccc(B2OC(C)(C)C(C)(C)O2)cc1. The van der Waals surface area contributed by atoms with Crippen LogP contribution in [0.5, 0.6) is 0 Å². The Morgan fingerprint density at radius 1 is 1.00 bits per heavy atom. The quantitative estimate of drug-likeness (QED) is 0.772. The number of benzene rings is 1. The van der Waals surface area contributed by atoms with Crippen LogP contribution in [-0.4, -0.2) is 42.9 Å². The van der Waals surface area contributed by atoms with Crippen LogP contribution in [0.1, 0.15) is 66.4 Å². The highest BCUT2D eigenvalue weighted by Crippen LogP contribution is 2.36. The zero-order chi connectivity index (χ0) is 18.7. The highest BCUT2D eigenvalue weighted by molar-refractivity contribution is 6.62. The second-order valence-electron chi connectivity index (χ2n) is 8.16. The molecule has 1 aromatic carbocycles. The molecule has 2 saturated heterocycles. The fourth-order valence-corrected chi connectivity index (χ4v) is 3.46. The van der Waals surface area contributed by atoms with Crippen molar-refractivity contribution in [3.05, 3.63) is 29.8 Å². The van der Waals surface area contributed by atoms with Crippen LogP contribution in [0.25, 0.3) is 0 Å². The lowest BCUT2D eigenvalue weighted by atomic mass is 9.78. The third-order valence-corrected chi connectivity index (χ3v) is 5.90. The molecule has 4 heteroatoms. The molecule has 2 heterocycles. The summed E-state index contributed by atoms with van der Waals surface area (Å²) in [4.78, 5) is 2.51. The topological polar surface area (TPSA) is 21.7 Å². The molecule has 2 aliphatic rings. The maximum absolute atomic E-state index is 6.13. The average molecular weight is 345 g/mol. The van der Waals surface area contributed by atoms with Gasteiger partial charge in [-0.3, -0.25) is 0 Å². The van der Waals surface area contributed by atoms with Crippen molar-refractivity contribution >= 4 is 12.6 Å². The third-order valence-electron chi connectivity index (χ3n) is 5.90. The zero-order valence-electron chi connectivity index (χ0n) is 17.3. The summed E-state index contributed by atoms with van der Waals surface area (Å²) in [7, 11) is 1.99. The molecule has 0 saturated carbocycles. The van der Waals surface area contributed by atoms with Gasteiger partial charge in [0, 0.05) is 6.04 Å². The van der Waals surface area contributed by atoms with E-state index in [1.165, 1.54) is 31.4 Å². The summed E-state index contributed by atoms with van der Waals surface area (Å²) in [5, 5.41) is 0. The van der Waals surface area contributed by atoms with Crippen molar-refractivity contribution in [2.45, 2.75) is 84.5 Å². The van der Waals surface area contributed by atoms with Crippen molar-refractivity contribution < 1.29 is 9.31 Å². The maximum atomic E-state index is 6.13. The van der Waals surface area contributed by atoms with Crippen LogP contribution in [0.2, 0.25) is 0 Å². The first-order valence-corrected chi connectivity index (χ1v) is 9.93. The first-order valence-electron chi connectivity index (χ1n) is 9.93. The number of likely N-dealkylation sites (N-methyl/N-ethyl adjacent to an activating group) is 1. The Hall–Kier alpha value is -0.835. The lowest BCUT2D eigenvalue weighted by Gasteiger charge is -2.32. The molecular weight excluding hydrogens is 309 g/mol. The van der Waals surface area contributed by atoms with Crippen LogP contribution in [0.15, 0.2) is 24.3 Å². The lowest BCUT2D eigenvalue weighted by molar-refractivity contribution is 0.00578. The van der Waals surface area contributed by atoms with Crippen molar-refractivity contribution in [1.82, 2.24) is 4.90 Å². The Labute approximate surface area is 155 Å². The van der Waals surface area contributed by atoms with E-state index in [-0.39, 0.29) is 18.3 Å². The van der Waals surface area contributed by atoms with E-state index in [1.54, 1.807) is 0 Å². The summed E-state index contributed by atoms with van der Waals surface area (Å²) in [6.45, 7) is 13.6. The zero-order valence-corrected chi connectivity index (χ0v) is 17.3. The lowest BCUT2D eigenvalue weighted by Crippen LogP contribution is -2.41. The minimum atomic E-state index is -0.277. The summed E-state index contributed by atoms with van der Waals surface area (Å²) in [6, 6.07) is 9.50. The van der Waals surface area contributed by atoms with Gasteiger partial charge in [-0.15, -0.1) is 0 Å². The van der Waals surface area contributed by atoms with Crippen LogP contribution >= 0.6 is 0 Å². The molecule has 1 atom stereocenters. The van der Waals surface area contributed by atoms with Gasteiger partial charge in [-0.25, -0.2) is 0 Å². The fraction of sp³-hybridized carbons (Fsp3) is 0.714. The normalized spacial score (nSPS) is 25.4. The summed E-state index contributed by atoms with van der Waals surface area (Å²) >= 11 is 0. The second kappa shape index (κ2) is 8.24. The van der Waals surface area contributed by atoms with Crippen molar-refractivity contribution in [1.29, 1.82) is 0 Å². The second-order valence-corrected chi connectivity index (χ2v) is 8.16. The van der Waals surface area contributed by atoms with Crippen LogP contribution in [0, 0.1) is 0 Å². The van der Waals surface area contributed by atoms with E-state index < -0.39 is 0 Å². The minimum Gasteiger partial charge on any atom is -0.399 e. The van der Waals surface area contributed by atoms with Crippen LogP contribution < -0.4 is 5.46 Å². The van der Waals surface area contributed by atoms with Crippen molar-refractivity contribution in [2.24, 2.45) is 0 Å². The van der Waals surface area contributed by atoms with Gasteiger partial charge in [-0.1, -0.05) is 44.5 Å². The number of likely N-dealkylation sites (tertiary alicyclic amines) is 1. The Kier molecular flexibility index (Phi) is 6.75. The summed E-state index contributed by atoms with van der Waals surface area (Å²) < 4.78 is 12.3. The van der Waals surface area contributed by atoms with E-state index in [2.05, 4.69) is 63.9 Å². The minimum absolute atomic E-state index is 0.258. The molecule has 0 radical (unpaired) electrons. The van der Waals surface area contributed by atoms with Gasteiger partial charge >= 0.3 is 7.12 Å². The van der Waals surface area contributed by atoms with E-state index in [4.69, 9.17) is 9.31 Å². The van der Waals surface area contributed by atoms with Crippen molar-refractivity contribution in [3.63, 3.8) is 0 Å². The van der Waals surface area contributed by atoms with Gasteiger partial charge in [0.05, 0.1) is 11.2 Å². The molecule has 2 aliphatic heterocycles. The first-order chi connectivity index (χ1) is 11.8. The fourth-order valence-electron chi connectivity index (χ4n) is 3.46. The number of hydrogen-bond donors (Lipinski definition) is 0. The van der Waals surface area contributed by atoms with Gasteiger partial charge < -0.3 is 14.2 Å². The number of nitrogens with zero attached hydrogens (tertiary/aromatic N) is 1. The third kappa shape index (κ3) is 4.66. The van der Waals surface area contributed by atoms with Gasteiger partial charge in [0.15, 0.2) is 0 Å².